The first-order chi connectivity index (χ1) is 14.3. The molecule has 0 amide bonds. The van der Waals surface area contributed by atoms with Gasteiger partial charge in [-0.15, -0.1) is 0 Å². The molecule has 4 aromatic rings. The Labute approximate surface area is 180 Å². The zero-order valence-corrected chi connectivity index (χ0v) is 18.2. The van der Waals surface area contributed by atoms with Crippen LogP contribution < -0.4 is 15.9 Å². The average Bonchev–Trinajstić information content (AvgIpc) is 3.24. The molecule has 154 valence electrons. The van der Waals surface area contributed by atoms with Crippen molar-refractivity contribution in [1.29, 1.82) is 0 Å². The number of halogens is 4. The molecule has 0 unspecified atom stereocenters. The van der Waals surface area contributed by atoms with E-state index < -0.39 is 17.2 Å². The van der Waals surface area contributed by atoms with Gasteiger partial charge in [0.15, 0.2) is 0 Å². The Bertz CT molecular complexity index is 1030. The van der Waals surface area contributed by atoms with Crippen LogP contribution in [0.5, 0.6) is 0 Å². The molecule has 0 atom stereocenters. The minimum atomic E-state index is -4.63. The molecular formula is C23H18BrF3NOP. The van der Waals surface area contributed by atoms with E-state index in [-0.39, 0.29) is 11.9 Å². The fourth-order valence-corrected chi connectivity index (χ4v) is 11.3. The molecule has 7 heteroatoms. The fourth-order valence-electron chi connectivity index (χ4n) is 3.83. The predicted octanol–water partition coefficient (Wildman–Crippen LogP) is 6.03. The number of nitrogens with zero attached hydrogens (tertiary/aromatic N) is 1. The molecule has 4 rings (SSSR count). The van der Waals surface area contributed by atoms with Crippen molar-refractivity contribution in [3.05, 3.63) is 109 Å². The summed E-state index contributed by atoms with van der Waals surface area (Å²) in [7, 11) is 0. The van der Waals surface area contributed by atoms with Gasteiger partial charge in [0.05, 0.1) is 0 Å². The van der Waals surface area contributed by atoms with Crippen LogP contribution in [0.3, 0.4) is 0 Å². The van der Waals surface area contributed by atoms with Crippen LogP contribution in [0.2, 0.25) is 0 Å². The molecule has 0 N–H and O–H groups in total. The Morgan fingerprint density at radius 2 is 1.13 bits per heavy atom. The molecule has 2 nitrogen and oxygen atoms in total. The van der Waals surface area contributed by atoms with Crippen molar-refractivity contribution in [3.63, 3.8) is 0 Å². The Morgan fingerprint density at radius 1 is 0.733 bits per heavy atom. The molecule has 0 fully saturated rings. The monoisotopic (exact) mass is 491 g/mol. The summed E-state index contributed by atoms with van der Waals surface area (Å²) in [6.07, 6.45) is -3.74. The van der Waals surface area contributed by atoms with Crippen LogP contribution in [0, 0.1) is 0 Å². The maximum atomic E-state index is 13.7. The number of hydrogen-bond donors (Lipinski definition) is 0. The Morgan fingerprint density at radius 3 is 1.50 bits per heavy atom. The zero-order valence-electron chi connectivity index (χ0n) is 15.8. The normalized spacial score (nSPS) is 13.5. The van der Waals surface area contributed by atoms with Crippen LogP contribution in [0.25, 0.3) is 0 Å². The first-order valence-corrected chi connectivity index (χ1v) is 13.7. The second kappa shape index (κ2) is 7.68. The predicted molar refractivity (Wildman–Crippen MR) is 119 cm³/mol. The Balaban J connectivity index is 2.09. The van der Waals surface area contributed by atoms with Gasteiger partial charge in [0.25, 0.3) is 0 Å². The van der Waals surface area contributed by atoms with Gasteiger partial charge in [0, 0.05) is 0 Å². The minimum absolute atomic E-state index is 0.0228. The van der Waals surface area contributed by atoms with E-state index >= 15 is 0 Å². The van der Waals surface area contributed by atoms with Gasteiger partial charge < -0.3 is 0 Å². The van der Waals surface area contributed by atoms with E-state index in [4.69, 9.17) is 4.42 Å². The summed E-state index contributed by atoms with van der Waals surface area (Å²) in [5.74, 6) is -1.06. The zero-order chi connectivity index (χ0) is 21.3. The SMILES string of the molecule is FC(F)(F)c1ocnc1CP(Br)(c1ccccc1)(c1ccccc1)c1ccccc1. The number of aromatic nitrogens is 1. The summed E-state index contributed by atoms with van der Waals surface area (Å²) in [6.45, 7) is 0. The number of rotatable bonds is 5. The van der Waals surface area contributed by atoms with E-state index in [9.17, 15) is 13.2 Å². The molecule has 0 aliphatic carbocycles. The summed E-state index contributed by atoms with van der Waals surface area (Å²) in [6, 6.07) is 28.8. The third kappa shape index (κ3) is 3.38. The van der Waals surface area contributed by atoms with Crippen LogP contribution in [0.4, 0.5) is 13.2 Å². The van der Waals surface area contributed by atoms with Crippen LogP contribution >= 0.6 is 20.8 Å². The van der Waals surface area contributed by atoms with Gasteiger partial charge in [-0.05, 0) is 0 Å². The first-order valence-electron chi connectivity index (χ1n) is 9.23. The van der Waals surface area contributed by atoms with Crippen molar-refractivity contribution >= 4 is 36.7 Å². The summed E-state index contributed by atoms with van der Waals surface area (Å²) >= 11 is 4.12. The molecule has 30 heavy (non-hydrogen) atoms. The number of oxazole rings is 1. The van der Waals surface area contributed by atoms with Crippen molar-refractivity contribution in [2.45, 2.75) is 12.3 Å². The topological polar surface area (TPSA) is 26.0 Å². The van der Waals surface area contributed by atoms with Crippen LogP contribution in [-0.4, -0.2) is 4.98 Å². The Kier molecular flexibility index (Phi) is 5.33. The van der Waals surface area contributed by atoms with Crippen molar-refractivity contribution in [3.8, 4) is 0 Å². The second-order valence-electron chi connectivity index (χ2n) is 6.97. The van der Waals surface area contributed by atoms with Gasteiger partial charge in [0.2, 0.25) is 0 Å². The summed E-state index contributed by atoms with van der Waals surface area (Å²) in [4.78, 5) is 4.01. The molecule has 0 aliphatic rings. The van der Waals surface area contributed by atoms with Crippen molar-refractivity contribution in [1.82, 2.24) is 4.98 Å². The number of benzene rings is 3. The molecule has 1 heterocycles. The Hall–Kier alpha value is -2.43. The number of alkyl halides is 3. The van der Waals surface area contributed by atoms with E-state index in [2.05, 4.69) is 20.5 Å². The summed E-state index contributed by atoms with van der Waals surface area (Å²) in [5, 5.41) is -0.826. The number of hydrogen-bond acceptors (Lipinski definition) is 2. The van der Waals surface area contributed by atoms with Gasteiger partial charge in [-0.3, -0.25) is 0 Å². The maximum absolute atomic E-state index is 13.7. The van der Waals surface area contributed by atoms with Gasteiger partial charge in [-0.25, -0.2) is 0 Å². The van der Waals surface area contributed by atoms with E-state index in [0.717, 1.165) is 22.3 Å². The van der Waals surface area contributed by atoms with Crippen LogP contribution in [0.1, 0.15) is 11.5 Å². The second-order valence-corrected chi connectivity index (χ2v) is 15.9. The van der Waals surface area contributed by atoms with E-state index in [0.29, 0.717) is 0 Å². The van der Waals surface area contributed by atoms with Crippen LogP contribution in [0.15, 0.2) is 102 Å². The van der Waals surface area contributed by atoms with Crippen molar-refractivity contribution in [2.75, 3.05) is 0 Å². The third-order valence-corrected chi connectivity index (χ3v) is 14.7. The van der Waals surface area contributed by atoms with E-state index in [1.54, 1.807) is 0 Å². The third-order valence-electron chi connectivity index (χ3n) is 5.23. The molecule has 0 aliphatic heterocycles. The average molecular weight is 492 g/mol. The van der Waals surface area contributed by atoms with E-state index in [1.165, 1.54) is 0 Å². The molecule has 0 saturated carbocycles. The van der Waals surface area contributed by atoms with Gasteiger partial charge in [-0.1, -0.05) is 0 Å². The molecule has 0 bridgehead atoms. The quantitative estimate of drug-likeness (QED) is 0.318. The van der Waals surface area contributed by atoms with Gasteiger partial charge >= 0.3 is 180 Å². The molecule has 1 aromatic heterocycles. The molecule has 0 radical (unpaired) electrons. The standard InChI is InChI=1S/C23H18BrF3NOP/c24-30(18-10-4-1-5-11-18,19-12-6-2-7-13-19,20-14-8-3-9-15-20)16-21-22(23(25,26)27)29-17-28-21/h1-15,17H,16H2. The van der Waals surface area contributed by atoms with Gasteiger partial charge in [0.1, 0.15) is 0 Å². The van der Waals surface area contributed by atoms with Crippen molar-refractivity contribution < 1.29 is 17.6 Å². The summed E-state index contributed by atoms with van der Waals surface area (Å²) in [5.41, 5.74) is -0.117. The van der Waals surface area contributed by atoms with Crippen molar-refractivity contribution in [2.24, 2.45) is 0 Å². The molecule has 0 spiro atoms. The fraction of sp³-hybridized carbons (Fsp3) is 0.0870. The van der Waals surface area contributed by atoms with Gasteiger partial charge in [-0.2, -0.15) is 0 Å². The molecular weight excluding hydrogens is 474 g/mol. The molecule has 0 saturated heterocycles. The molecule has 3 aromatic carbocycles. The summed E-state index contributed by atoms with van der Waals surface area (Å²) < 4.78 is 45.8. The van der Waals surface area contributed by atoms with E-state index in [1.807, 2.05) is 91.0 Å². The van der Waals surface area contributed by atoms with Crippen LogP contribution in [-0.2, 0) is 12.3 Å². The first kappa shape index (κ1) is 20.8.